The molecule has 3 heterocycles. The molecule has 2 saturated heterocycles. The Bertz CT molecular complexity index is 1490. The summed E-state index contributed by atoms with van der Waals surface area (Å²) in [6, 6.07) is 3.45. The lowest BCUT2D eigenvalue weighted by Crippen LogP contribution is -2.71. The third-order valence-electron chi connectivity index (χ3n) is 9.45. The van der Waals surface area contributed by atoms with Gasteiger partial charge in [0.25, 0.3) is 0 Å². The minimum absolute atomic E-state index is 0.162. The van der Waals surface area contributed by atoms with E-state index < -0.39 is 77.4 Å². The minimum atomic E-state index is -1.68. The smallest absolute Gasteiger partial charge is 0.348 e. The number of esters is 4. The quantitative estimate of drug-likeness (QED) is 0.321. The summed E-state index contributed by atoms with van der Waals surface area (Å²) in [7, 11) is 3.49. The number of aryl methyl sites for hydroxylation is 1. The van der Waals surface area contributed by atoms with Crippen LogP contribution in [0.25, 0.3) is 0 Å². The normalized spacial score (nSPS) is 30.0. The van der Waals surface area contributed by atoms with E-state index in [1.807, 2.05) is 27.0 Å². The lowest BCUT2D eigenvalue weighted by Gasteiger charge is -2.58. The van der Waals surface area contributed by atoms with Crippen molar-refractivity contribution in [3.8, 4) is 11.5 Å². The molecule has 4 aliphatic rings. The third kappa shape index (κ3) is 6.20. The molecule has 6 atom stereocenters. The van der Waals surface area contributed by atoms with Crippen LogP contribution in [0.4, 0.5) is 0 Å². The van der Waals surface area contributed by atoms with E-state index in [0.29, 0.717) is 24.5 Å². The maximum atomic E-state index is 13.5. The van der Waals surface area contributed by atoms with Crippen LogP contribution in [-0.4, -0.2) is 95.9 Å². The van der Waals surface area contributed by atoms with E-state index in [4.69, 9.17) is 33.2 Å². The van der Waals surface area contributed by atoms with Crippen molar-refractivity contribution in [2.45, 2.75) is 121 Å². The van der Waals surface area contributed by atoms with Crippen molar-refractivity contribution >= 4 is 23.9 Å². The maximum Gasteiger partial charge on any atom is 0.348 e. The van der Waals surface area contributed by atoms with Gasteiger partial charge in [-0.25, -0.2) is 9.59 Å². The number of carbonyl (C=O) groups is 4. The first-order valence-electron chi connectivity index (χ1n) is 15.8. The van der Waals surface area contributed by atoms with E-state index in [2.05, 4.69) is 4.90 Å². The van der Waals surface area contributed by atoms with Gasteiger partial charge in [0, 0.05) is 31.9 Å². The van der Waals surface area contributed by atoms with Gasteiger partial charge in [-0.2, -0.15) is 0 Å². The summed E-state index contributed by atoms with van der Waals surface area (Å²) in [5, 5.41) is 12.5. The lowest BCUT2D eigenvalue weighted by atomic mass is 9.54. The Morgan fingerprint density at radius 2 is 1.87 bits per heavy atom. The zero-order valence-electron chi connectivity index (χ0n) is 28.5. The zero-order chi connectivity index (χ0) is 34.7. The number of likely N-dealkylation sites (tertiary alicyclic amines) is 1. The second kappa shape index (κ2) is 12.1. The van der Waals surface area contributed by atoms with Crippen molar-refractivity contribution in [2.24, 2.45) is 0 Å². The van der Waals surface area contributed by atoms with Crippen molar-refractivity contribution in [1.82, 2.24) is 4.90 Å². The van der Waals surface area contributed by atoms with Gasteiger partial charge in [0.15, 0.2) is 23.7 Å². The van der Waals surface area contributed by atoms with E-state index >= 15 is 0 Å². The number of aliphatic hydroxyl groups is 1. The van der Waals surface area contributed by atoms with E-state index in [1.165, 1.54) is 21.0 Å². The van der Waals surface area contributed by atoms with Gasteiger partial charge in [-0.3, -0.25) is 9.59 Å². The van der Waals surface area contributed by atoms with Crippen molar-refractivity contribution in [3.05, 3.63) is 35.1 Å². The summed E-state index contributed by atoms with van der Waals surface area (Å²) in [4.78, 5) is 53.8. The second-order valence-electron chi connectivity index (χ2n) is 14.2. The molecule has 0 bridgehead atoms. The predicted molar refractivity (Wildman–Crippen MR) is 164 cm³/mol. The lowest BCUT2D eigenvalue weighted by molar-refractivity contribution is -0.181. The topological polar surface area (TPSA) is 156 Å². The molecule has 1 aromatic carbocycles. The van der Waals surface area contributed by atoms with E-state index in [-0.39, 0.29) is 18.2 Å². The summed E-state index contributed by atoms with van der Waals surface area (Å²) in [5.41, 5.74) is -1.50. The van der Waals surface area contributed by atoms with Crippen LogP contribution in [0.2, 0.25) is 0 Å². The van der Waals surface area contributed by atoms with Crippen molar-refractivity contribution in [1.29, 1.82) is 0 Å². The number of methoxy groups -OCH3 is 1. The summed E-state index contributed by atoms with van der Waals surface area (Å²) in [5.74, 6) is -3.63. The zero-order valence-corrected chi connectivity index (χ0v) is 28.5. The monoisotopic (exact) mass is 659 g/mol. The van der Waals surface area contributed by atoms with Crippen LogP contribution in [0.5, 0.6) is 11.5 Å². The van der Waals surface area contributed by atoms with Crippen LogP contribution >= 0.6 is 0 Å². The second-order valence-corrected chi connectivity index (χ2v) is 14.2. The number of rotatable bonds is 8. The van der Waals surface area contributed by atoms with Gasteiger partial charge in [-0.05, 0) is 72.3 Å². The molecule has 0 aromatic heterocycles. The highest BCUT2D eigenvalue weighted by Crippen LogP contribution is 2.62. The highest BCUT2D eigenvalue weighted by atomic mass is 16.8. The molecule has 13 nitrogen and oxygen atoms in total. The Morgan fingerprint density at radius 1 is 1.17 bits per heavy atom. The Labute approximate surface area is 274 Å². The van der Waals surface area contributed by atoms with Gasteiger partial charge in [-0.15, -0.1) is 0 Å². The highest BCUT2D eigenvalue weighted by Gasteiger charge is 2.69. The van der Waals surface area contributed by atoms with E-state index in [1.54, 1.807) is 32.9 Å². The molecule has 1 aliphatic carbocycles. The molecule has 47 heavy (non-hydrogen) atoms. The first kappa shape index (κ1) is 34.6. The number of ether oxygens (including phenoxy) is 7. The molecule has 1 spiro atoms. The molecular weight excluding hydrogens is 614 g/mol. The summed E-state index contributed by atoms with van der Waals surface area (Å²) in [6.07, 6.45) is -2.71. The fraction of sp³-hybridized carbons (Fsp3) is 0.647. The number of piperidine rings is 1. The average Bonchev–Trinajstić information content (AvgIpc) is 3.45. The average molecular weight is 660 g/mol. The standard InChI is InChI=1S/C34H45NO12/c1-18-10-11-20(41-9)27-26(18)33-14-15-35(8)19(2)34(33,40)13-12-21(28(33)44-27)42-24(36)16-22(29(38)46-31(3,4)5)43-25(37)17-23-30(39)47-32(6,7)45-23/h10-12,19,22-23,28,40H,13-17H2,1-9H3/t19-,22+,23+,28+,33+,34-/m1/s1. The van der Waals surface area contributed by atoms with Crippen LogP contribution in [-0.2, 0) is 48.3 Å². The molecular formula is C34H45NO12. The third-order valence-corrected chi connectivity index (χ3v) is 9.45. The number of hydrogen-bond donors (Lipinski definition) is 1. The molecule has 2 fully saturated rings. The SMILES string of the molecule is COc1ccc(C)c2c1O[C@H]1C(OC(=O)C[C@H](OC(=O)C[C@@H]3OC(C)(C)OC3=O)C(=O)OC(C)(C)C)=CC[C@@]3(O)[C@@H](C)N(C)CC[C@]213. The molecule has 0 saturated carbocycles. The number of cyclic esters (lactones) is 1. The molecule has 3 aliphatic heterocycles. The van der Waals surface area contributed by atoms with Crippen LogP contribution in [0.3, 0.4) is 0 Å². The van der Waals surface area contributed by atoms with Gasteiger partial charge in [0.05, 0.1) is 31.0 Å². The maximum absolute atomic E-state index is 13.5. The molecule has 0 radical (unpaired) electrons. The van der Waals surface area contributed by atoms with Crippen LogP contribution in [0.15, 0.2) is 24.0 Å². The molecule has 13 heteroatoms. The Morgan fingerprint density at radius 3 is 2.49 bits per heavy atom. The summed E-state index contributed by atoms with van der Waals surface area (Å²) < 4.78 is 39.4. The number of carbonyl (C=O) groups excluding carboxylic acids is 4. The van der Waals surface area contributed by atoms with Crippen molar-refractivity contribution in [3.63, 3.8) is 0 Å². The minimum Gasteiger partial charge on any atom is -0.493 e. The Kier molecular flexibility index (Phi) is 8.91. The number of hydrogen-bond acceptors (Lipinski definition) is 13. The molecule has 0 amide bonds. The van der Waals surface area contributed by atoms with Gasteiger partial charge in [0.2, 0.25) is 11.9 Å². The molecule has 258 valence electrons. The number of nitrogens with zero attached hydrogens (tertiary/aromatic N) is 1. The molecule has 0 unspecified atom stereocenters. The van der Waals surface area contributed by atoms with E-state index in [9.17, 15) is 24.3 Å². The molecule has 1 aromatic rings. The van der Waals surface area contributed by atoms with Crippen molar-refractivity contribution < 1.29 is 57.4 Å². The van der Waals surface area contributed by atoms with Gasteiger partial charge in [-0.1, -0.05) is 6.07 Å². The predicted octanol–water partition coefficient (Wildman–Crippen LogP) is 3.00. The highest BCUT2D eigenvalue weighted by molar-refractivity contribution is 5.87. The largest absolute Gasteiger partial charge is 0.493 e. The fourth-order valence-electron chi connectivity index (χ4n) is 7.23. The fourth-order valence-corrected chi connectivity index (χ4v) is 7.23. The number of fused-ring (bicyclic) bond motifs is 1. The van der Waals surface area contributed by atoms with Gasteiger partial charge in [0.1, 0.15) is 11.4 Å². The number of likely N-dealkylation sites (N-methyl/N-ethyl adjacent to an activating group) is 1. The Hall–Kier alpha value is -3.68. The summed E-state index contributed by atoms with van der Waals surface area (Å²) >= 11 is 0. The van der Waals surface area contributed by atoms with Crippen LogP contribution in [0, 0.1) is 6.92 Å². The molecule has 5 rings (SSSR count). The van der Waals surface area contributed by atoms with Gasteiger partial charge >= 0.3 is 23.9 Å². The molecule has 1 N–H and O–H groups in total. The Balaban J connectivity index is 1.40. The van der Waals surface area contributed by atoms with Crippen molar-refractivity contribution in [2.75, 3.05) is 20.7 Å². The van der Waals surface area contributed by atoms with Crippen LogP contribution < -0.4 is 9.47 Å². The first-order valence-corrected chi connectivity index (χ1v) is 15.8. The van der Waals surface area contributed by atoms with E-state index in [0.717, 1.165) is 11.1 Å². The summed E-state index contributed by atoms with van der Waals surface area (Å²) in [6.45, 7) is 12.5. The number of benzene rings is 1. The van der Waals surface area contributed by atoms with Gasteiger partial charge < -0.3 is 43.2 Å². The first-order chi connectivity index (χ1) is 21.8. The van der Waals surface area contributed by atoms with Crippen LogP contribution in [0.1, 0.15) is 78.4 Å².